The molecular formula is C17H32N2O. The lowest BCUT2D eigenvalue weighted by atomic mass is 9.83. The molecule has 20 heavy (non-hydrogen) atoms. The van der Waals surface area contributed by atoms with E-state index in [9.17, 15) is 4.79 Å². The average Bonchev–Trinajstić information content (AvgIpc) is 2.48. The van der Waals surface area contributed by atoms with Crippen molar-refractivity contribution in [2.45, 2.75) is 77.2 Å². The van der Waals surface area contributed by atoms with Crippen molar-refractivity contribution in [3.63, 3.8) is 0 Å². The summed E-state index contributed by atoms with van der Waals surface area (Å²) in [6, 6.07) is 0.724. The van der Waals surface area contributed by atoms with Gasteiger partial charge in [0.1, 0.15) is 0 Å². The molecular weight excluding hydrogens is 248 g/mol. The van der Waals surface area contributed by atoms with Crippen LogP contribution in [-0.2, 0) is 4.79 Å². The van der Waals surface area contributed by atoms with Crippen LogP contribution in [0.1, 0.15) is 71.1 Å². The molecule has 1 aliphatic carbocycles. The van der Waals surface area contributed by atoms with Gasteiger partial charge in [-0.15, -0.1) is 0 Å². The predicted octanol–water partition coefficient (Wildman–Crippen LogP) is 3.32. The summed E-state index contributed by atoms with van der Waals surface area (Å²) in [5.74, 6) is 1.04. The van der Waals surface area contributed by atoms with Gasteiger partial charge in [0.05, 0.1) is 0 Å². The van der Waals surface area contributed by atoms with Crippen molar-refractivity contribution < 1.29 is 4.79 Å². The summed E-state index contributed by atoms with van der Waals surface area (Å²) in [5.41, 5.74) is 5.41. The van der Waals surface area contributed by atoms with Gasteiger partial charge in [0.2, 0.25) is 5.91 Å². The summed E-state index contributed by atoms with van der Waals surface area (Å²) in [6.45, 7) is 4.84. The second-order valence-corrected chi connectivity index (χ2v) is 6.88. The molecule has 0 unspecified atom stereocenters. The quantitative estimate of drug-likeness (QED) is 0.759. The number of carbonyl (C=O) groups excluding carboxylic acids is 1. The van der Waals surface area contributed by atoms with Crippen LogP contribution in [0.3, 0.4) is 0 Å². The van der Waals surface area contributed by atoms with E-state index in [0.29, 0.717) is 0 Å². The Balaban J connectivity index is 1.65. The van der Waals surface area contributed by atoms with Crippen LogP contribution in [0.25, 0.3) is 0 Å². The number of unbranched alkanes of at least 4 members (excludes halogenated alkanes) is 2. The molecule has 3 nitrogen and oxygen atoms in total. The van der Waals surface area contributed by atoms with E-state index >= 15 is 0 Å². The van der Waals surface area contributed by atoms with Gasteiger partial charge in [-0.2, -0.15) is 0 Å². The molecule has 0 aromatic carbocycles. The first-order chi connectivity index (χ1) is 9.70. The lowest BCUT2D eigenvalue weighted by molar-refractivity contribution is -0.123. The fourth-order valence-corrected chi connectivity index (χ4v) is 4.02. The summed E-state index contributed by atoms with van der Waals surface area (Å²) in [4.78, 5) is 13.9. The molecule has 0 atom stereocenters. The van der Waals surface area contributed by atoms with Crippen LogP contribution >= 0.6 is 0 Å². The summed E-state index contributed by atoms with van der Waals surface area (Å²) in [7, 11) is 0. The topological polar surface area (TPSA) is 46.3 Å². The van der Waals surface area contributed by atoms with Crippen molar-refractivity contribution in [2.75, 3.05) is 13.1 Å². The van der Waals surface area contributed by atoms with E-state index in [4.69, 9.17) is 5.73 Å². The van der Waals surface area contributed by atoms with Crippen LogP contribution in [0.15, 0.2) is 0 Å². The van der Waals surface area contributed by atoms with Gasteiger partial charge in [-0.25, -0.2) is 0 Å². The maximum atomic E-state index is 11.2. The highest BCUT2D eigenvalue weighted by Crippen LogP contribution is 2.31. The van der Waals surface area contributed by atoms with Gasteiger partial charge >= 0.3 is 0 Å². The molecule has 1 aliphatic heterocycles. The first kappa shape index (κ1) is 15.8. The lowest BCUT2D eigenvalue weighted by Crippen LogP contribution is -2.44. The van der Waals surface area contributed by atoms with Crippen molar-refractivity contribution in [3.8, 4) is 0 Å². The molecule has 2 rings (SSSR count). The van der Waals surface area contributed by atoms with E-state index in [1.807, 2.05) is 0 Å². The third kappa shape index (κ3) is 4.47. The van der Waals surface area contributed by atoms with E-state index in [0.717, 1.165) is 24.8 Å². The molecule has 116 valence electrons. The molecule has 1 heterocycles. The van der Waals surface area contributed by atoms with E-state index in [-0.39, 0.29) is 11.8 Å². The molecule has 0 bridgehead atoms. The fraction of sp³-hybridized carbons (Fsp3) is 0.941. The monoisotopic (exact) mass is 280 g/mol. The van der Waals surface area contributed by atoms with Crippen LogP contribution in [0.2, 0.25) is 0 Å². The smallest absolute Gasteiger partial charge is 0.220 e. The maximum Gasteiger partial charge on any atom is 0.220 e. The number of primary amides is 1. The molecule has 1 saturated carbocycles. The van der Waals surface area contributed by atoms with Crippen LogP contribution < -0.4 is 5.73 Å². The van der Waals surface area contributed by atoms with Crippen molar-refractivity contribution in [1.29, 1.82) is 0 Å². The average molecular weight is 280 g/mol. The number of piperidine rings is 1. The van der Waals surface area contributed by atoms with Crippen LogP contribution in [0.5, 0.6) is 0 Å². The largest absolute Gasteiger partial charge is 0.369 e. The number of amides is 1. The molecule has 2 N–H and O–H groups in total. The van der Waals surface area contributed by atoms with Crippen LogP contribution in [0.4, 0.5) is 0 Å². The van der Waals surface area contributed by atoms with Gasteiger partial charge in [-0.3, -0.25) is 4.79 Å². The van der Waals surface area contributed by atoms with Crippen molar-refractivity contribution >= 4 is 5.91 Å². The standard InChI is InChI=1S/C17H32N2O/c1-2-3-4-5-14-10-12-19(13-11-14)16-8-6-15(7-9-16)17(18)20/h14-16H,2-13H2,1H3,(H2,18,20). The minimum Gasteiger partial charge on any atom is -0.369 e. The first-order valence-corrected chi connectivity index (χ1v) is 8.74. The van der Waals surface area contributed by atoms with Gasteiger partial charge in [-0.1, -0.05) is 32.6 Å². The first-order valence-electron chi connectivity index (χ1n) is 8.74. The van der Waals surface area contributed by atoms with Crippen molar-refractivity contribution in [1.82, 2.24) is 4.90 Å². The van der Waals surface area contributed by atoms with Crippen molar-refractivity contribution in [3.05, 3.63) is 0 Å². The summed E-state index contributed by atoms with van der Waals surface area (Å²) < 4.78 is 0. The van der Waals surface area contributed by atoms with E-state index in [2.05, 4.69) is 11.8 Å². The molecule has 0 radical (unpaired) electrons. The second-order valence-electron chi connectivity index (χ2n) is 6.88. The minimum atomic E-state index is -0.0851. The number of rotatable bonds is 6. The number of hydrogen-bond donors (Lipinski definition) is 1. The molecule has 1 amide bonds. The lowest BCUT2D eigenvalue weighted by Gasteiger charge is -2.40. The highest BCUT2D eigenvalue weighted by molar-refractivity contribution is 5.76. The Morgan fingerprint density at radius 3 is 2.25 bits per heavy atom. The molecule has 2 fully saturated rings. The molecule has 0 aromatic rings. The Kier molecular flexibility index (Phi) is 6.34. The minimum absolute atomic E-state index is 0.0851. The third-order valence-corrected chi connectivity index (χ3v) is 5.48. The third-order valence-electron chi connectivity index (χ3n) is 5.48. The SMILES string of the molecule is CCCCCC1CCN(C2CCC(C(N)=O)CC2)CC1. The van der Waals surface area contributed by atoms with Gasteiger partial charge in [-0.05, 0) is 57.5 Å². The normalized spacial score (nSPS) is 29.4. The zero-order valence-corrected chi connectivity index (χ0v) is 13.2. The molecule has 1 saturated heterocycles. The summed E-state index contributed by atoms with van der Waals surface area (Å²) in [6.07, 6.45) is 12.7. The van der Waals surface area contributed by atoms with E-state index < -0.39 is 0 Å². The molecule has 2 aliphatic rings. The summed E-state index contributed by atoms with van der Waals surface area (Å²) >= 11 is 0. The van der Waals surface area contributed by atoms with Gasteiger partial charge < -0.3 is 10.6 Å². The maximum absolute atomic E-state index is 11.2. The Morgan fingerprint density at radius 2 is 1.70 bits per heavy atom. The zero-order valence-electron chi connectivity index (χ0n) is 13.2. The van der Waals surface area contributed by atoms with Gasteiger partial charge in [0.15, 0.2) is 0 Å². The molecule has 0 aromatic heterocycles. The Morgan fingerprint density at radius 1 is 1.05 bits per heavy atom. The predicted molar refractivity (Wildman–Crippen MR) is 83.4 cm³/mol. The van der Waals surface area contributed by atoms with Gasteiger partial charge in [0.25, 0.3) is 0 Å². The fourth-order valence-electron chi connectivity index (χ4n) is 4.02. The Bertz CT molecular complexity index is 289. The number of nitrogens with two attached hydrogens (primary N) is 1. The summed E-state index contributed by atoms with van der Waals surface area (Å²) in [5, 5.41) is 0. The van der Waals surface area contributed by atoms with Gasteiger partial charge in [0, 0.05) is 12.0 Å². The highest BCUT2D eigenvalue weighted by Gasteiger charge is 2.30. The number of carbonyl (C=O) groups is 1. The second kappa shape index (κ2) is 8.02. The Labute approximate surface area is 124 Å². The van der Waals surface area contributed by atoms with Crippen LogP contribution in [-0.4, -0.2) is 29.9 Å². The van der Waals surface area contributed by atoms with E-state index in [1.54, 1.807) is 0 Å². The Hall–Kier alpha value is -0.570. The number of likely N-dealkylation sites (tertiary alicyclic amines) is 1. The highest BCUT2D eigenvalue weighted by atomic mass is 16.1. The number of nitrogens with zero attached hydrogens (tertiary/aromatic N) is 1. The van der Waals surface area contributed by atoms with Crippen LogP contribution in [0, 0.1) is 11.8 Å². The molecule has 0 spiro atoms. The van der Waals surface area contributed by atoms with E-state index in [1.165, 1.54) is 64.5 Å². The van der Waals surface area contributed by atoms with Crippen molar-refractivity contribution in [2.24, 2.45) is 17.6 Å². The zero-order chi connectivity index (χ0) is 14.4. The molecule has 3 heteroatoms. The number of hydrogen-bond acceptors (Lipinski definition) is 2.